The minimum Gasteiger partial charge on any atom is -0.479 e. The van der Waals surface area contributed by atoms with Crippen LogP contribution in [-0.4, -0.2) is 34.6 Å². The first-order chi connectivity index (χ1) is 12.7. The van der Waals surface area contributed by atoms with E-state index >= 15 is 0 Å². The topological polar surface area (TPSA) is 69.0 Å². The number of aromatic nitrogens is 3. The monoisotopic (exact) mass is 370 g/mol. The normalized spacial score (nSPS) is 10.5. The summed E-state index contributed by atoms with van der Waals surface area (Å²) in [5.41, 5.74) is 2.18. The van der Waals surface area contributed by atoms with Gasteiger partial charge in [-0.15, -0.1) is 5.10 Å². The van der Waals surface area contributed by atoms with Crippen LogP contribution < -0.4 is 10.1 Å². The van der Waals surface area contributed by atoms with Crippen LogP contribution >= 0.6 is 11.6 Å². The predicted molar refractivity (Wildman–Crippen MR) is 99.6 cm³/mol. The number of amides is 1. The maximum absolute atomic E-state index is 12.4. The zero-order valence-corrected chi connectivity index (χ0v) is 15.1. The van der Waals surface area contributed by atoms with Gasteiger partial charge in [-0.25, -0.2) is 4.68 Å². The van der Waals surface area contributed by atoms with Crippen molar-refractivity contribution in [2.75, 3.05) is 13.7 Å². The second-order valence-electron chi connectivity index (χ2n) is 5.69. The Labute approximate surface area is 156 Å². The van der Waals surface area contributed by atoms with Gasteiger partial charge < -0.3 is 10.1 Å². The molecule has 0 unspecified atom stereocenters. The largest absolute Gasteiger partial charge is 0.479 e. The van der Waals surface area contributed by atoms with Gasteiger partial charge in [-0.2, -0.15) is 0 Å². The van der Waals surface area contributed by atoms with Gasteiger partial charge in [0.25, 0.3) is 5.91 Å². The number of hydrogen-bond donors (Lipinski definition) is 1. The van der Waals surface area contributed by atoms with Crippen molar-refractivity contribution >= 4 is 17.5 Å². The van der Waals surface area contributed by atoms with Crippen molar-refractivity contribution in [2.24, 2.45) is 0 Å². The Balaban J connectivity index is 1.67. The van der Waals surface area contributed by atoms with E-state index in [4.69, 9.17) is 16.3 Å². The number of ether oxygens (including phenoxy) is 1. The molecule has 0 saturated heterocycles. The Bertz CT molecular complexity index is 880. The second-order valence-corrected chi connectivity index (χ2v) is 6.10. The molecule has 1 heterocycles. The number of benzene rings is 2. The van der Waals surface area contributed by atoms with Gasteiger partial charge in [0.1, 0.15) is 0 Å². The summed E-state index contributed by atoms with van der Waals surface area (Å²) in [6.07, 6.45) is 0.739. The molecular weight excluding hydrogens is 352 g/mol. The lowest BCUT2D eigenvalue weighted by atomic mass is 10.1. The van der Waals surface area contributed by atoms with E-state index in [9.17, 15) is 4.79 Å². The third-order valence-electron chi connectivity index (χ3n) is 3.92. The van der Waals surface area contributed by atoms with Gasteiger partial charge in [-0.1, -0.05) is 65.3 Å². The van der Waals surface area contributed by atoms with E-state index in [1.165, 1.54) is 11.8 Å². The molecule has 3 rings (SSSR count). The fraction of sp³-hybridized carbons (Fsp3) is 0.211. The van der Waals surface area contributed by atoms with Gasteiger partial charge >= 0.3 is 0 Å². The number of carbonyl (C=O) groups is 1. The van der Waals surface area contributed by atoms with E-state index in [2.05, 4.69) is 15.6 Å². The quantitative estimate of drug-likeness (QED) is 0.694. The maximum Gasteiger partial charge on any atom is 0.277 e. The molecule has 0 saturated carbocycles. The first-order valence-corrected chi connectivity index (χ1v) is 8.60. The van der Waals surface area contributed by atoms with Crippen molar-refractivity contribution in [3.8, 4) is 5.88 Å². The molecule has 0 aliphatic heterocycles. The molecule has 0 bridgehead atoms. The SMILES string of the molecule is COc1c(C(=O)NCCc2ccccc2)nnn1Cc1ccccc1Cl. The molecule has 0 radical (unpaired) electrons. The summed E-state index contributed by atoms with van der Waals surface area (Å²) in [6.45, 7) is 0.872. The highest BCUT2D eigenvalue weighted by atomic mass is 35.5. The minimum atomic E-state index is -0.316. The number of nitrogens with one attached hydrogen (secondary N) is 1. The van der Waals surface area contributed by atoms with Gasteiger partial charge in [0.15, 0.2) is 0 Å². The Hall–Kier alpha value is -2.86. The van der Waals surface area contributed by atoms with Gasteiger partial charge in [-0.05, 0) is 23.6 Å². The van der Waals surface area contributed by atoms with Crippen LogP contribution in [0, 0.1) is 0 Å². The van der Waals surface area contributed by atoms with Crippen molar-refractivity contribution in [1.29, 1.82) is 0 Å². The van der Waals surface area contributed by atoms with Gasteiger partial charge in [0.2, 0.25) is 11.6 Å². The van der Waals surface area contributed by atoms with Crippen LogP contribution in [0.4, 0.5) is 0 Å². The molecule has 0 fully saturated rings. The molecule has 1 aromatic heterocycles. The molecule has 0 aliphatic rings. The zero-order chi connectivity index (χ0) is 18.4. The highest BCUT2D eigenvalue weighted by molar-refractivity contribution is 6.31. The summed E-state index contributed by atoms with van der Waals surface area (Å²) in [5, 5.41) is 11.5. The lowest BCUT2D eigenvalue weighted by Gasteiger charge is -2.08. The van der Waals surface area contributed by atoms with Crippen LogP contribution in [0.1, 0.15) is 21.6 Å². The van der Waals surface area contributed by atoms with Crippen LogP contribution in [0.2, 0.25) is 5.02 Å². The summed E-state index contributed by atoms with van der Waals surface area (Å²) in [4.78, 5) is 12.4. The molecule has 1 amide bonds. The molecule has 7 heteroatoms. The second kappa shape index (κ2) is 8.49. The number of methoxy groups -OCH3 is 1. The number of carbonyl (C=O) groups excluding carboxylic acids is 1. The highest BCUT2D eigenvalue weighted by Crippen LogP contribution is 2.20. The summed E-state index contributed by atoms with van der Waals surface area (Å²) in [7, 11) is 1.49. The molecular formula is C19H19ClN4O2. The third kappa shape index (κ3) is 4.21. The average molecular weight is 371 g/mol. The fourth-order valence-corrected chi connectivity index (χ4v) is 2.78. The van der Waals surface area contributed by atoms with E-state index < -0.39 is 0 Å². The summed E-state index contributed by atoms with van der Waals surface area (Å²) in [5.74, 6) is -0.00896. The van der Waals surface area contributed by atoms with Crippen LogP contribution in [-0.2, 0) is 13.0 Å². The average Bonchev–Trinajstić information content (AvgIpc) is 3.07. The molecule has 2 aromatic carbocycles. The molecule has 6 nitrogen and oxygen atoms in total. The Morgan fingerprint density at radius 1 is 1.15 bits per heavy atom. The Morgan fingerprint density at radius 3 is 2.62 bits per heavy atom. The molecule has 3 aromatic rings. The first-order valence-electron chi connectivity index (χ1n) is 8.22. The number of hydrogen-bond acceptors (Lipinski definition) is 4. The van der Waals surface area contributed by atoms with Crippen molar-refractivity contribution < 1.29 is 9.53 Å². The van der Waals surface area contributed by atoms with E-state index in [0.29, 0.717) is 24.0 Å². The van der Waals surface area contributed by atoms with E-state index in [0.717, 1.165) is 17.5 Å². The third-order valence-corrected chi connectivity index (χ3v) is 4.29. The minimum absolute atomic E-state index is 0.160. The lowest BCUT2D eigenvalue weighted by molar-refractivity contribution is 0.0945. The Morgan fingerprint density at radius 2 is 1.88 bits per heavy atom. The summed E-state index contributed by atoms with van der Waals surface area (Å²) in [6, 6.07) is 17.4. The summed E-state index contributed by atoms with van der Waals surface area (Å²) < 4.78 is 6.87. The molecule has 26 heavy (non-hydrogen) atoms. The van der Waals surface area contributed by atoms with Crippen LogP contribution in [0.5, 0.6) is 5.88 Å². The van der Waals surface area contributed by atoms with Gasteiger partial charge in [0, 0.05) is 11.6 Å². The van der Waals surface area contributed by atoms with Crippen molar-refractivity contribution in [1.82, 2.24) is 20.3 Å². The molecule has 0 aliphatic carbocycles. The molecule has 1 N–H and O–H groups in total. The smallest absolute Gasteiger partial charge is 0.277 e. The fourth-order valence-electron chi connectivity index (χ4n) is 2.59. The summed E-state index contributed by atoms with van der Waals surface area (Å²) >= 11 is 6.18. The molecule has 0 atom stereocenters. The van der Waals surface area contributed by atoms with Gasteiger partial charge in [0.05, 0.1) is 13.7 Å². The lowest BCUT2D eigenvalue weighted by Crippen LogP contribution is -2.26. The number of rotatable bonds is 7. The molecule has 0 spiro atoms. The Kier molecular flexibility index (Phi) is 5.86. The number of halogens is 1. The van der Waals surface area contributed by atoms with Crippen molar-refractivity contribution in [3.05, 3.63) is 76.4 Å². The van der Waals surface area contributed by atoms with Crippen LogP contribution in [0.3, 0.4) is 0 Å². The van der Waals surface area contributed by atoms with Crippen LogP contribution in [0.25, 0.3) is 0 Å². The molecule has 134 valence electrons. The zero-order valence-electron chi connectivity index (χ0n) is 14.4. The van der Waals surface area contributed by atoms with Crippen LogP contribution in [0.15, 0.2) is 54.6 Å². The van der Waals surface area contributed by atoms with Gasteiger partial charge in [-0.3, -0.25) is 4.79 Å². The predicted octanol–water partition coefficient (Wildman–Crippen LogP) is 2.96. The standard InChI is InChI=1S/C19H19ClN4O2/c1-26-19-17(18(25)21-12-11-14-7-3-2-4-8-14)22-23-24(19)13-15-9-5-6-10-16(15)20/h2-10H,11-13H2,1H3,(H,21,25). The number of nitrogens with zero attached hydrogens (tertiary/aromatic N) is 3. The van der Waals surface area contributed by atoms with E-state index in [-0.39, 0.29) is 11.6 Å². The van der Waals surface area contributed by atoms with E-state index in [1.807, 2.05) is 48.5 Å². The van der Waals surface area contributed by atoms with Crippen molar-refractivity contribution in [3.63, 3.8) is 0 Å². The highest BCUT2D eigenvalue weighted by Gasteiger charge is 2.21. The van der Waals surface area contributed by atoms with E-state index in [1.54, 1.807) is 6.07 Å². The maximum atomic E-state index is 12.4. The van der Waals surface area contributed by atoms with Crippen molar-refractivity contribution in [2.45, 2.75) is 13.0 Å². The first kappa shape index (κ1) is 17.9.